The Kier molecular flexibility index (Phi) is 6.72. The summed E-state index contributed by atoms with van der Waals surface area (Å²) in [5, 5.41) is 0. The number of hydrogen-bond acceptors (Lipinski definition) is 2. The average molecular weight is 449 g/mol. The molecule has 0 saturated carbocycles. The molecule has 1 aromatic carbocycles. The molecule has 0 amide bonds. The van der Waals surface area contributed by atoms with Crippen LogP contribution in [0.1, 0.15) is 12.0 Å². The number of benzene rings is 1. The van der Waals surface area contributed by atoms with Crippen LogP contribution in [0.25, 0.3) is 0 Å². The normalized spacial score (nSPS) is 15.5. The molecule has 0 fully saturated rings. The summed E-state index contributed by atoms with van der Waals surface area (Å²) in [7, 11) is -4.75. The maximum absolute atomic E-state index is 13.5. The molecule has 0 aliphatic heterocycles. The number of nitrogens with one attached hydrogen (secondary N) is 1. The van der Waals surface area contributed by atoms with E-state index < -0.39 is 58.0 Å². The van der Waals surface area contributed by atoms with Gasteiger partial charge >= 0.3 is 24.2 Å². The van der Waals surface area contributed by atoms with Crippen LogP contribution in [0.4, 0.5) is 43.9 Å². The molecule has 0 saturated heterocycles. The highest BCUT2D eigenvalue weighted by atomic mass is 32.2. The Morgan fingerprint density at radius 2 is 1.32 bits per heavy atom. The summed E-state index contributed by atoms with van der Waals surface area (Å²) in [5.74, 6) is -15.6. The van der Waals surface area contributed by atoms with Gasteiger partial charge in [-0.05, 0) is 19.1 Å². The molecule has 1 unspecified atom stereocenters. The molecule has 1 N–H and O–H groups in total. The van der Waals surface area contributed by atoms with Crippen LogP contribution in [-0.2, 0) is 10.0 Å². The van der Waals surface area contributed by atoms with Crippen LogP contribution in [0.15, 0.2) is 29.2 Å². The smallest absolute Gasteiger partial charge is 0.211 e. The van der Waals surface area contributed by atoms with E-state index in [1.807, 2.05) is 0 Å². The molecule has 3 nitrogen and oxygen atoms in total. The Hall–Kier alpha value is -1.57. The van der Waals surface area contributed by atoms with Gasteiger partial charge in [0.15, 0.2) is 0 Å². The van der Waals surface area contributed by atoms with Gasteiger partial charge in [-0.1, -0.05) is 17.7 Å². The molecule has 0 aliphatic carbocycles. The van der Waals surface area contributed by atoms with E-state index in [0.717, 1.165) is 12.1 Å². The van der Waals surface area contributed by atoms with Gasteiger partial charge < -0.3 is 0 Å². The van der Waals surface area contributed by atoms with Crippen LogP contribution in [-0.4, -0.2) is 39.2 Å². The lowest BCUT2D eigenvalue weighted by Crippen LogP contribution is -2.52. The molecule has 28 heavy (non-hydrogen) atoms. The molecule has 14 heteroatoms. The van der Waals surface area contributed by atoms with Gasteiger partial charge in [-0.25, -0.2) is 13.1 Å². The van der Waals surface area contributed by atoms with E-state index in [0.29, 0.717) is 5.56 Å². The predicted molar refractivity (Wildman–Crippen MR) is 76.5 cm³/mol. The Bertz CT molecular complexity index is 769. The minimum Gasteiger partial charge on any atom is -0.211 e. The second kappa shape index (κ2) is 7.69. The molecule has 0 bridgehead atoms. The lowest BCUT2D eigenvalue weighted by atomic mass is 9.93. The third kappa shape index (κ3) is 5.49. The van der Waals surface area contributed by atoms with E-state index in [1.165, 1.54) is 16.9 Å². The summed E-state index contributed by atoms with van der Waals surface area (Å²) < 4.78 is 152. The fraction of sp³-hybridized carbons (Fsp3) is 0.571. The van der Waals surface area contributed by atoms with Crippen LogP contribution in [0.3, 0.4) is 0 Å². The number of alkyl halides is 10. The molecular formula is C14H13F10NO2S. The monoisotopic (exact) mass is 449 g/mol. The van der Waals surface area contributed by atoms with Gasteiger partial charge in [-0.2, -0.15) is 43.9 Å². The zero-order valence-corrected chi connectivity index (χ0v) is 14.6. The molecule has 162 valence electrons. The molecule has 0 spiro atoms. The largest absolute Gasteiger partial charge is 0.453 e. The van der Waals surface area contributed by atoms with E-state index in [9.17, 15) is 52.3 Å². The van der Waals surface area contributed by atoms with Gasteiger partial charge in [0, 0.05) is 13.0 Å². The Labute approximate surface area is 152 Å². The zero-order chi connectivity index (χ0) is 22.2. The van der Waals surface area contributed by atoms with Crippen molar-refractivity contribution in [1.29, 1.82) is 0 Å². The molecule has 0 heterocycles. The highest BCUT2D eigenvalue weighted by Crippen LogP contribution is 2.48. The summed E-state index contributed by atoms with van der Waals surface area (Å²) in [4.78, 5) is -0.602. The van der Waals surface area contributed by atoms with Gasteiger partial charge in [-0.15, -0.1) is 0 Å². The number of sulfonamides is 1. The van der Waals surface area contributed by atoms with Crippen LogP contribution in [0.2, 0.25) is 0 Å². The Morgan fingerprint density at radius 3 is 1.71 bits per heavy atom. The van der Waals surface area contributed by atoms with E-state index >= 15 is 0 Å². The lowest BCUT2D eigenvalue weighted by Gasteiger charge is -2.32. The molecule has 1 aromatic rings. The summed E-state index contributed by atoms with van der Waals surface area (Å²) in [6, 6.07) is 4.38. The quantitative estimate of drug-likeness (QED) is 0.615. The highest BCUT2D eigenvalue weighted by Gasteiger charge is 2.67. The first-order chi connectivity index (χ1) is 12.3. The minimum atomic E-state index is -6.48. The summed E-state index contributed by atoms with van der Waals surface area (Å²) in [5.41, 5.74) is 0.560. The molecule has 0 aliphatic rings. The molecule has 0 aromatic heterocycles. The zero-order valence-electron chi connectivity index (χ0n) is 13.8. The fourth-order valence-corrected chi connectivity index (χ4v) is 3.08. The number of rotatable bonds is 7. The van der Waals surface area contributed by atoms with Crippen molar-refractivity contribution in [1.82, 2.24) is 4.72 Å². The van der Waals surface area contributed by atoms with Gasteiger partial charge in [0.1, 0.15) is 0 Å². The molecule has 1 rings (SSSR count). The van der Waals surface area contributed by atoms with E-state index in [1.54, 1.807) is 6.92 Å². The van der Waals surface area contributed by atoms with Gasteiger partial charge in [0.05, 0.1) is 10.8 Å². The second-order valence-corrected chi connectivity index (χ2v) is 7.66. The summed E-state index contributed by atoms with van der Waals surface area (Å²) in [6.07, 6.45) is -15.9. The predicted octanol–water partition coefficient (Wildman–Crippen LogP) is 4.67. The van der Waals surface area contributed by atoms with Crippen molar-refractivity contribution in [2.75, 3.05) is 6.54 Å². The molecule has 0 radical (unpaired) electrons. The van der Waals surface area contributed by atoms with Crippen LogP contribution in [0.5, 0.6) is 0 Å². The van der Waals surface area contributed by atoms with Crippen molar-refractivity contribution in [3.63, 3.8) is 0 Å². The third-order valence-corrected chi connectivity index (χ3v) is 5.10. The Balaban J connectivity index is 3.18. The fourth-order valence-electron chi connectivity index (χ4n) is 2.00. The van der Waals surface area contributed by atoms with E-state index in [4.69, 9.17) is 0 Å². The molecule has 1 atom stereocenters. The van der Waals surface area contributed by atoms with Crippen molar-refractivity contribution in [2.45, 2.75) is 42.4 Å². The van der Waals surface area contributed by atoms with Crippen molar-refractivity contribution >= 4 is 10.0 Å². The van der Waals surface area contributed by atoms with Gasteiger partial charge in [0.2, 0.25) is 10.0 Å². The first-order valence-corrected chi connectivity index (χ1v) is 8.75. The second-order valence-electron chi connectivity index (χ2n) is 5.89. The summed E-state index contributed by atoms with van der Waals surface area (Å²) >= 11 is 0. The lowest BCUT2D eigenvalue weighted by molar-refractivity contribution is -0.326. The van der Waals surface area contributed by atoms with Crippen LogP contribution in [0, 0.1) is 12.8 Å². The highest BCUT2D eigenvalue weighted by molar-refractivity contribution is 7.89. The average Bonchev–Trinajstić information content (AvgIpc) is 2.49. The Morgan fingerprint density at radius 1 is 0.857 bits per heavy atom. The minimum absolute atomic E-state index is 0.560. The number of hydrogen-bond donors (Lipinski definition) is 1. The maximum Gasteiger partial charge on any atom is 0.453 e. The van der Waals surface area contributed by atoms with Gasteiger partial charge in [-0.3, -0.25) is 0 Å². The van der Waals surface area contributed by atoms with Gasteiger partial charge in [0.25, 0.3) is 0 Å². The molecular weight excluding hydrogens is 436 g/mol. The van der Waals surface area contributed by atoms with E-state index in [2.05, 4.69) is 0 Å². The van der Waals surface area contributed by atoms with Crippen molar-refractivity contribution < 1.29 is 52.3 Å². The topological polar surface area (TPSA) is 46.2 Å². The SMILES string of the molecule is Cc1ccc(S(=O)(=O)NCC(CC(F)(F)C(F)(F)F)C(F)(F)C(F)(F)F)cc1. The first-order valence-electron chi connectivity index (χ1n) is 7.27. The van der Waals surface area contributed by atoms with Crippen LogP contribution < -0.4 is 4.72 Å². The van der Waals surface area contributed by atoms with Crippen LogP contribution >= 0.6 is 0 Å². The maximum atomic E-state index is 13.5. The first kappa shape index (κ1) is 24.5. The van der Waals surface area contributed by atoms with Crippen molar-refractivity contribution in [3.8, 4) is 0 Å². The van der Waals surface area contributed by atoms with Crippen molar-refractivity contribution in [3.05, 3.63) is 29.8 Å². The standard InChI is InChI=1S/C14H13F10NO2S/c1-8-2-4-10(5-3-8)28(26,27)25-7-9(12(17,18)14(22,23)24)6-11(15,16)13(19,20)21/h2-5,9,25H,6-7H2,1H3. The van der Waals surface area contributed by atoms with Crippen molar-refractivity contribution in [2.24, 2.45) is 5.92 Å². The summed E-state index contributed by atoms with van der Waals surface area (Å²) in [6.45, 7) is -0.461. The number of halogens is 10. The van der Waals surface area contributed by atoms with E-state index in [-0.39, 0.29) is 0 Å². The third-order valence-electron chi connectivity index (χ3n) is 3.66. The number of aryl methyl sites for hydroxylation is 1.